The van der Waals surface area contributed by atoms with Gasteiger partial charge in [0.1, 0.15) is 17.3 Å². The van der Waals surface area contributed by atoms with E-state index in [4.69, 9.17) is 14.2 Å². The predicted octanol–water partition coefficient (Wildman–Crippen LogP) is 2.77. The van der Waals surface area contributed by atoms with E-state index >= 15 is 0 Å². The van der Waals surface area contributed by atoms with Crippen molar-refractivity contribution in [2.24, 2.45) is 0 Å². The number of hydrogen-bond acceptors (Lipinski definition) is 6. The summed E-state index contributed by atoms with van der Waals surface area (Å²) in [6.45, 7) is 0.471. The maximum absolute atomic E-state index is 12.8. The van der Waals surface area contributed by atoms with Gasteiger partial charge in [-0.25, -0.2) is 0 Å². The average Bonchev–Trinajstić information content (AvgIpc) is 3.02. The molecule has 0 aliphatic carbocycles. The van der Waals surface area contributed by atoms with Crippen molar-refractivity contribution < 1.29 is 28.9 Å². The van der Waals surface area contributed by atoms with Crippen LogP contribution in [0.1, 0.15) is 17.2 Å². The van der Waals surface area contributed by atoms with E-state index < -0.39 is 17.7 Å². The number of amides is 1. The Labute approximate surface area is 169 Å². The van der Waals surface area contributed by atoms with Gasteiger partial charge in [-0.15, -0.1) is 0 Å². The number of nitrogens with zero attached hydrogens (tertiary/aromatic N) is 1. The van der Waals surface area contributed by atoms with Gasteiger partial charge in [0.2, 0.25) is 0 Å². The van der Waals surface area contributed by atoms with Gasteiger partial charge in [-0.1, -0.05) is 12.1 Å². The highest BCUT2D eigenvalue weighted by Gasteiger charge is 2.45. The van der Waals surface area contributed by atoms with Crippen LogP contribution in [0, 0.1) is 0 Å². The maximum atomic E-state index is 12.8. The molecule has 152 valence electrons. The number of hydrogen-bond donors (Lipinski definition) is 1. The number of aliphatic hydroxyl groups excluding tert-OH is 1. The number of ketones is 1. The second-order valence-electron chi connectivity index (χ2n) is 6.49. The van der Waals surface area contributed by atoms with Gasteiger partial charge >= 0.3 is 0 Å². The molecule has 1 saturated heterocycles. The van der Waals surface area contributed by atoms with Crippen molar-refractivity contribution in [1.82, 2.24) is 4.90 Å². The molecule has 3 rings (SSSR count). The van der Waals surface area contributed by atoms with Crippen LogP contribution in [-0.4, -0.2) is 56.2 Å². The van der Waals surface area contributed by atoms with E-state index in [2.05, 4.69) is 0 Å². The molecule has 1 N–H and O–H groups in total. The first-order valence-electron chi connectivity index (χ1n) is 9.07. The topological polar surface area (TPSA) is 85.3 Å². The average molecular weight is 397 g/mol. The lowest BCUT2D eigenvalue weighted by Gasteiger charge is -2.25. The number of rotatable bonds is 7. The SMILES string of the molecule is COCCN1C(=O)C(=O)/C(=C(/O)c2ccc(OC)cc2)C1c1cccc(OC)c1. The zero-order chi connectivity index (χ0) is 21.0. The first-order valence-corrected chi connectivity index (χ1v) is 9.07. The van der Waals surface area contributed by atoms with Gasteiger partial charge in [0.15, 0.2) is 0 Å². The predicted molar refractivity (Wildman–Crippen MR) is 107 cm³/mol. The van der Waals surface area contributed by atoms with Crippen LogP contribution in [0.25, 0.3) is 5.76 Å². The first kappa shape index (κ1) is 20.4. The lowest BCUT2D eigenvalue weighted by Crippen LogP contribution is -2.32. The Morgan fingerprint density at radius 3 is 2.31 bits per heavy atom. The first-order chi connectivity index (χ1) is 14.0. The fourth-order valence-corrected chi connectivity index (χ4v) is 3.36. The number of Topliss-reactive ketones (excluding diaryl/α,β-unsaturated/α-hetero) is 1. The zero-order valence-electron chi connectivity index (χ0n) is 16.5. The van der Waals surface area contributed by atoms with Crippen LogP contribution >= 0.6 is 0 Å². The molecule has 1 unspecified atom stereocenters. The van der Waals surface area contributed by atoms with Crippen LogP contribution in [0.4, 0.5) is 0 Å². The molecule has 0 spiro atoms. The summed E-state index contributed by atoms with van der Waals surface area (Å²) in [4.78, 5) is 27.0. The summed E-state index contributed by atoms with van der Waals surface area (Å²) in [5.74, 6) is -0.443. The Bertz CT molecular complexity index is 935. The number of carbonyl (C=O) groups excluding carboxylic acids is 2. The van der Waals surface area contributed by atoms with Crippen molar-refractivity contribution in [1.29, 1.82) is 0 Å². The summed E-state index contributed by atoms with van der Waals surface area (Å²) in [7, 11) is 4.60. The van der Waals surface area contributed by atoms with Gasteiger partial charge in [0.25, 0.3) is 11.7 Å². The Morgan fingerprint density at radius 2 is 1.69 bits per heavy atom. The van der Waals surface area contributed by atoms with Gasteiger partial charge in [0, 0.05) is 19.2 Å². The maximum Gasteiger partial charge on any atom is 0.295 e. The lowest BCUT2D eigenvalue weighted by molar-refractivity contribution is -0.140. The summed E-state index contributed by atoms with van der Waals surface area (Å²) >= 11 is 0. The number of aliphatic hydroxyl groups is 1. The molecule has 0 bridgehead atoms. The monoisotopic (exact) mass is 397 g/mol. The zero-order valence-corrected chi connectivity index (χ0v) is 16.5. The third kappa shape index (κ3) is 3.95. The second kappa shape index (κ2) is 8.79. The molecule has 0 aromatic heterocycles. The molecule has 2 aromatic carbocycles. The second-order valence-corrected chi connectivity index (χ2v) is 6.49. The molecule has 1 atom stereocenters. The Kier molecular flexibility index (Phi) is 6.19. The highest BCUT2D eigenvalue weighted by molar-refractivity contribution is 6.46. The molecule has 1 fully saturated rings. The van der Waals surface area contributed by atoms with Crippen molar-refractivity contribution in [3.63, 3.8) is 0 Å². The summed E-state index contributed by atoms with van der Waals surface area (Å²) in [5, 5.41) is 11.0. The molecule has 0 saturated carbocycles. The fourth-order valence-electron chi connectivity index (χ4n) is 3.36. The van der Waals surface area contributed by atoms with Crippen molar-refractivity contribution >= 4 is 17.4 Å². The quantitative estimate of drug-likeness (QED) is 0.439. The van der Waals surface area contributed by atoms with Crippen LogP contribution in [0.3, 0.4) is 0 Å². The van der Waals surface area contributed by atoms with Gasteiger partial charge in [-0.3, -0.25) is 9.59 Å². The minimum absolute atomic E-state index is 0.0320. The van der Waals surface area contributed by atoms with Crippen LogP contribution in [-0.2, 0) is 14.3 Å². The summed E-state index contributed by atoms with van der Waals surface area (Å²) in [5.41, 5.74) is 1.11. The minimum atomic E-state index is -0.748. The van der Waals surface area contributed by atoms with Crippen LogP contribution in [0.2, 0.25) is 0 Å². The highest BCUT2D eigenvalue weighted by Crippen LogP contribution is 2.40. The molecule has 1 aliphatic heterocycles. The Morgan fingerprint density at radius 1 is 1.00 bits per heavy atom. The van der Waals surface area contributed by atoms with Gasteiger partial charge in [0.05, 0.1) is 32.4 Å². The minimum Gasteiger partial charge on any atom is -0.507 e. The molecule has 7 nitrogen and oxygen atoms in total. The van der Waals surface area contributed by atoms with E-state index in [0.717, 1.165) is 0 Å². The third-order valence-corrected chi connectivity index (χ3v) is 4.85. The Balaban J connectivity index is 2.14. The van der Waals surface area contributed by atoms with Gasteiger partial charge in [-0.05, 0) is 42.0 Å². The smallest absolute Gasteiger partial charge is 0.295 e. The lowest BCUT2D eigenvalue weighted by atomic mass is 9.95. The van der Waals surface area contributed by atoms with E-state index in [1.165, 1.54) is 12.0 Å². The number of carbonyl (C=O) groups is 2. The third-order valence-electron chi connectivity index (χ3n) is 4.85. The van der Waals surface area contributed by atoms with Gasteiger partial charge < -0.3 is 24.2 Å². The van der Waals surface area contributed by atoms with Crippen molar-refractivity contribution in [2.75, 3.05) is 34.5 Å². The molecule has 0 radical (unpaired) electrons. The molecular weight excluding hydrogens is 374 g/mol. The van der Waals surface area contributed by atoms with Crippen molar-refractivity contribution in [2.45, 2.75) is 6.04 Å². The van der Waals surface area contributed by atoms with Crippen molar-refractivity contribution in [3.8, 4) is 11.5 Å². The number of benzene rings is 2. The number of likely N-dealkylation sites (tertiary alicyclic amines) is 1. The molecule has 1 heterocycles. The molecule has 1 aliphatic rings. The molecular formula is C22H23NO6. The fraction of sp³-hybridized carbons (Fsp3) is 0.273. The molecule has 2 aromatic rings. The summed E-state index contributed by atoms with van der Waals surface area (Å²) < 4.78 is 15.5. The number of methoxy groups -OCH3 is 3. The van der Waals surface area contributed by atoms with E-state index in [1.54, 1.807) is 62.8 Å². The Hall–Kier alpha value is -3.32. The van der Waals surface area contributed by atoms with Gasteiger partial charge in [-0.2, -0.15) is 0 Å². The van der Waals surface area contributed by atoms with E-state index in [1.807, 2.05) is 0 Å². The van der Waals surface area contributed by atoms with Crippen LogP contribution in [0.15, 0.2) is 54.1 Å². The molecule has 29 heavy (non-hydrogen) atoms. The van der Waals surface area contributed by atoms with E-state index in [-0.39, 0.29) is 24.5 Å². The van der Waals surface area contributed by atoms with Crippen LogP contribution < -0.4 is 9.47 Å². The van der Waals surface area contributed by atoms with Crippen molar-refractivity contribution in [3.05, 3.63) is 65.2 Å². The standard InChI is InChI=1S/C22H23NO6/c1-27-12-11-23-19(15-5-4-6-17(13-15)29-3)18(21(25)22(23)26)20(24)14-7-9-16(28-2)10-8-14/h4-10,13,19,24H,11-12H2,1-3H3/b20-18+. The largest absolute Gasteiger partial charge is 0.507 e. The van der Waals surface area contributed by atoms with E-state index in [9.17, 15) is 14.7 Å². The number of ether oxygens (including phenoxy) is 3. The van der Waals surface area contributed by atoms with E-state index in [0.29, 0.717) is 22.6 Å². The highest BCUT2D eigenvalue weighted by atomic mass is 16.5. The molecule has 7 heteroatoms. The van der Waals surface area contributed by atoms with Crippen LogP contribution in [0.5, 0.6) is 11.5 Å². The summed E-state index contributed by atoms with van der Waals surface area (Å²) in [6.07, 6.45) is 0. The molecule has 1 amide bonds. The summed E-state index contributed by atoms with van der Waals surface area (Å²) in [6, 6.07) is 13.0. The normalized spacial score (nSPS) is 18.2.